The van der Waals surface area contributed by atoms with Crippen LogP contribution in [0.1, 0.15) is 50.3 Å². The predicted molar refractivity (Wildman–Crippen MR) is 92.8 cm³/mol. The fraction of sp³-hybridized carbons (Fsp3) is 0.474. The number of hydrogen-bond donors (Lipinski definition) is 1. The molecule has 2 saturated heterocycles. The number of hydrogen-bond acceptors (Lipinski definition) is 5. The Kier molecular flexibility index (Phi) is 4.41. The summed E-state index contributed by atoms with van der Waals surface area (Å²) in [6.07, 6.45) is 1.20. The standard InChI is InChI=1S/C19H19FN2O6/c20-19(18(26)27)5-6-21(10-19)15(23)11-3-4-13-14(8-11)17(25)22(16(13)24)9-12-2-1-7-28-12/h3-4,8,12H,1-2,5-7,9-10H2,(H,26,27). The number of ether oxygens (including phenoxy) is 1. The molecule has 3 heterocycles. The Balaban J connectivity index is 1.53. The highest BCUT2D eigenvalue weighted by Crippen LogP contribution is 2.29. The van der Waals surface area contributed by atoms with E-state index < -0.39 is 35.9 Å². The molecule has 8 nitrogen and oxygen atoms in total. The van der Waals surface area contributed by atoms with Crippen molar-refractivity contribution < 1.29 is 33.4 Å². The lowest BCUT2D eigenvalue weighted by Gasteiger charge is -2.18. The molecule has 3 aliphatic heterocycles. The minimum atomic E-state index is -2.46. The number of rotatable bonds is 4. The van der Waals surface area contributed by atoms with Crippen LogP contribution in [0.5, 0.6) is 0 Å². The van der Waals surface area contributed by atoms with Crippen LogP contribution in [0.2, 0.25) is 0 Å². The molecule has 0 radical (unpaired) electrons. The average Bonchev–Trinajstić information content (AvgIpc) is 3.38. The quantitative estimate of drug-likeness (QED) is 0.772. The van der Waals surface area contributed by atoms with Gasteiger partial charge >= 0.3 is 5.97 Å². The van der Waals surface area contributed by atoms with Crippen LogP contribution < -0.4 is 0 Å². The van der Waals surface area contributed by atoms with Crippen LogP contribution in [-0.4, -0.2) is 76.6 Å². The van der Waals surface area contributed by atoms with Crippen molar-refractivity contribution in [2.75, 3.05) is 26.2 Å². The normalized spacial score (nSPS) is 26.8. The predicted octanol–water partition coefficient (Wildman–Crippen LogP) is 1.10. The van der Waals surface area contributed by atoms with Gasteiger partial charge in [0.15, 0.2) is 0 Å². The van der Waals surface area contributed by atoms with Gasteiger partial charge in [0.1, 0.15) is 0 Å². The highest BCUT2D eigenvalue weighted by atomic mass is 19.1. The second-order valence-electron chi connectivity index (χ2n) is 7.36. The third-order valence-corrected chi connectivity index (χ3v) is 5.52. The van der Waals surface area contributed by atoms with E-state index in [0.717, 1.165) is 22.6 Å². The molecule has 0 aliphatic carbocycles. The Labute approximate surface area is 159 Å². The van der Waals surface area contributed by atoms with Crippen LogP contribution in [0.4, 0.5) is 4.39 Å². The molecule has 0 saturated carbocycles. The molecule has 1 aromatic carbocycles. The largest absolute Gasteiger partial charge is 0.479 e. The van der Waals surface area contributed by atoms with Gasteiger partial charge in [0.05, 0.1) is 30.3 Å². The number of halogens is 1. The number of alkyl halides is 1. The fourth-order valence-corrected chi connectivity index (χ4v) is 3.88. The molecular weight excluding hydrogens is 371 g/mol. The number of nitrogens with zero attached hydrogens (tertiary/aromatic N) is 2. The van der Waals surface area contributed by atoms with Crippen molar-refractivity contribution in [2.45, 2.75) is 31.0 Å². The molecule has 2 unspecified atom stereocenters. The highest BCUT2D eigenvalue weighted by Gasteiger charge is 2.47. The monoisotopic (exact) mass is 390 g/mol. The van der Waals surface area contributed by atoms with Crippen molar-refractivity contribution in [3.05, 3.63) is 34.9 Å². The first-order valence-corrected chi connectivity index (χ1v) is 9.13. The maximum absolute atomic E-state index is 14.2. The number of likely N-dealkylation sites (tertiary alicyclic amines) is 1. The first kappa shape index (κ1) is 18.5. The molecular formula is C19H19FN2O6. The zero-order valence-corrected chi connectivity index (χ0v) is 15.0. The number of benzene rings is 1. The second-order valence-corrected chi connectivity index (χ2v) is 7.36. The number of fused-ring (bicyclic) bond motifs is 1. The Morgan fingerprint density at radius 2 is 2.00 bits per heavy atom. The summed E-state index contributed by atoms with van der Waals surface area (Å²) in [5.41, 5.74) is -2.01. The summed E-state index contributed by atoms with van der Waals surface area (Å²) in [4.78, 5) is 51.1. The molecule has 0 bridgehead atoms. The summed E-state index contributed by atoms with van der Waals surface area (Å²) in [6.45, 7) is 0.201. The average molecular weight is 390 g/mol. The lowest BCUT2D eigenvalue weighted by atomic mass is 10.0. The molecule has 2 atom stereocenters. The molecule has 3 amide bonds. The molecule has 148 valence electrons. The van der Waals surface area contributed by atoms with Crippen LogP contribution >= 0.6 is 0 Å². The van der Waals surface area contributed by atoms with E-state index in [2.05, 4.69) is 0 Å². The summed E-state index contributed by atoms with van der Waals surface area (Å²) in [5.74, 6) is -3.08. The van der Waals surface area contributed by atoms with Gasteiger partial charge in [0.25, 0.3) is 17.7 Å². The van der Waals surface area contributed by atoms with E-state index in [4.69, 9.17) is 9.84 Å². The van der Waals surface area contributed by atoms with Gasteiger partial charge in [0, 0.05) is 25.1 Å². The van der Waals surface area contributed by atoms with E-state index in [0.29, 0.717) is 6.61 Å². The summed E-state index contributed by atoms with van der Waals surface area (Å²) in [5, 5.41) is 8.97. The van der Waals surface area contributed by atoms with Gasteiger partial charge in [-0.25, -0.2) is 9.18 Å². The zero-order valence-electron chi connectivity index (χ0n) is 15.0. The first-order valence-electron chi connectivity index (χ1n) is 9.13. The van der Waals surface area contributed by atoms with Crippen LogP contribution in [-0.2, 0) is 9.53 Å². The van der Waals surface area contributed by atoms with Gasteiger partial charge in [-0.1, -0.05) is 0 Å². The molecule has 9 heteroatoms. The molecule has 0 aromatic heterocycles. The smallest absolute Gasteiger partial charge is 0.343 e. The molecule has 1 aromatic rings. The third kappa shape index (κ3) is 2.95. The van der Waals surface area contributed by atoms with E-state index in [1.807, 2.05) is 0 Å². The minimum absolute atomic E-state index is 0.0310. The lowest BCUT2D eigenvalue weighted by molar-refractivity contribution is -0.149. The van der Waals surface area contributed by atoms with E-state index in [1.54, 1.807) is 0 Å². The van der Waals surface area contributed by atoms with Crippen LogP contribution in [0.3, 0.4) is 0 Å². The molecule has 3 aliphatic rings. The number of aliphatic carboxylic acids is 1. The number of carboxylic acids is 1. The van der Waals surface area contributed by atoms with Crippen LogP contribution in [0.25, 0.3) is 0 Å². The van der Waals surface area contributed by atoms with Gasteiger partial charge in [-0.15, -0.1) is 0 Å². The van der Waals surface area contributed by atoms with Gasteiger partial charge in [-0.3, -0.25) is 19.3 Å². The van der Waals surface area contributed by atoms with Crippen LogP contribution in [0.15, 0.2) is 18.2 Å². The van der Waals surface area contributed by atoms with Crippen molar-refractivity contribution >= 4 is 23.7 Å². The van der Waals surface area contributed by atoms with E-state index in [-0.39, 0.29) is 42.3 Å². The third-order valence-electron chi connectivity index (χ3n) is 5.52. The molecule has 4 rings (SSSR count). The van der Waals surface area contributed by atoms with E-state index >= 15 is 0 Å². The molecule has 1 N–H and O–H groups in total. The highest BCUT2D eigenvalue weighted by molar-refractivity contribution is 6.22. The first-order chi connectivity index (χ1) is 13.3. The maximum atomic E-state index is 14.2. The van der Waals surface area contributed by atoms with E-state index in [1.165, 1.54) is 18.2 Å². The van der Waals surface area contributed by atoms with Crippen molar-refractivity contribution in [1.82, 2.24) is 9.80 Å². The Bertz CT molecular complexity index is 881. The lowest BCUT2D eigenvalue weighted by Crippen LogP contribution is -2.39. The molecule has 2 fully saturated rings. The van der Waals surface area contributed by atoms with Crippen LogP contribution in [0, 0.1) is 0 Å². The Hall–Kier alpha value is -2.81. The van der Waals surface area contributed by atoms with Crippen molar-refractivity contribution in [3.63, 3.8) is 0 Å². The minimum Gasteiger partial charge on any atom is -0.479 e. The number of amides is 3. The molecule has 28 heavy (non-hydrogen) atoms. The molecule has 0 spiro atoms. The van der Waals surface area contributed by atoms with Gasteiger partial charge < -0.3 is 14.7 Å². The Morgan fingerprint density at radius 1 is 1.25 bits per heavy atom. The Morgan fingerprint density at radius 3 is 2.64 bits per heavy atom. The van der Waals surface area contributed by atoms with Gasteiger partial charge in [0.2, 0.25) is 5.67 Å². The number of imide groups is 1. The van der Waals surface area contributed by atoms with Gasteiger partial charge in [-0.05, 0) is 31.0 Å². The zero-order chi connectivity index (χ0) is 20.1. The summed E-state index contributed by atoms with van der Waals surface area (Å²) >= 11 is 0. The van der Waals surface area contributed by atoms with Crippen molar-refractivity contribution in [1.29, 1.82) is 0 Å². The summed E-state index contributed by atoms with van der Waals surface area (Å²) < 4.78 is 19.7. The number of carbonyl (C=O) groups is 4. The second kappa shape index (κ2) is 6.66. The maximum Gasteiger partial charge on any atom is 0.343 e. The number of carboxylic acid groups (broad SMARTS) is 1. The van der Waals surface area contributed by atoms with Gasteiger partial charge in [-0.2, -0.15) is 0 Å². The fourth-order valence-electron chi connectivity index (χ4n) is 3.88. The van der Waals surface area contributed by atoms with E-state index in [9.17, 15) is 23.6 Å². The van der Waals surface area contributed by atoms with Crippen molar-refractivity contribution in [2.24, 2.45) is 0 Å². The SMILES string of the molecule is O=C(c1ccc2c(c1)C(=O)N(CC1CCCO1)C2=O)N1CCC(F)(C(=O)O)C1. The summed E-state index contributed by atoms with van der Waals surface area (Å²) in [6, 6.07) is 4.14. The van der Waals surface area contributed by atoms with Crippen molar-refractivity contribution in [3.8, 4) is 0 Å². The number of carbonyl (C=O) groups excluding carboxylic acids is 3. The topological polar surface area (TPSA) is 104 Å². The summed E-state index contributed by atoms with van der Waals surface area (Å²) in [7, 11) is 0.